The summed E-state index contributed by atoms with van der Waals surface area (Å²) < 4.78 is 5.41. The number of nitrogens with one attached hydrogen (secondary N) is 1. The number of aryl methyl sites for hydroxylation is 1. The van der Waals surface area contributed by atoms with Crippen molar-refractivity contribution in [3.8, 4) is 0 Å². The average molecular weight is 271 g/mol. The molecule has 0 bridgehead atoms. The lowest BCUT2D eigenvalue weighted by molar-refractivity contribution is -0.138. The maximum atomic E-state index is 11.4. The molecule has 0 aliphatic heterocycles. The van der Waals surface area contributed by atoms with Crippen LogP contribution in [0.2, 0.25) is 0 Å². The van der Waals surface area contributed by atoms with Gasteiger partial charge in [-0.05, 0) is 36.1 Å². The molecule has 4 heteroatoms. The van der Waals surface area contributed by atoms with Gasteiger partial charge in [0.1, 0.15) is 5.76 Å². The fourth-order valence-corrected chi connectivity index (χ4v) is 2.86. The Morgan fingerprint density at radius 3 is 2.75 bits per heavy atom. The van der Waals surface area contributed by atoms with Crippen molar-refractivity contribution in [1.82, 2.24) is 5.32 Å². The van der Waals surface area contributed by atoms with E-state index >= 15 is 0 Å². The second-order valence-electron chi connectivity index (χ2n) is 5.22. The van der Waals surface area contributed by atoms with Crippen molar-refractivity contribution in [2.75, 3.05) is 0 Å². The van der Waals surface area contributed by atoms with Crippen molar-refractivity contribution in [2.24, 2.45) is 0 Å². The number of furan rings is 1. The Bertz CT molecular complexity index is 632. The van der Waals surface area contributed by atoms with E-state index in [1.165, 1.54) is 0 Å². The largest absolute Gasteiger partial charge is 0.481 e. The molecule has 0 radical (unpaired) electrons. The van der Waals surface area contributed by atoms with Gasteiger partial charge in [-0.3, -0.25) is 4.79 Å². The van der Waals surface area contributed by atoms with E-state index in [2.05, 4.69) is 5.32 Å². The van der Waals surface area contributed by atoms with Gasteiger partial charge in [0, 0.05) is 6.04 Å². The minimum Gasteiger partial charge on any atom is -0.481 e. The van der Waals surface area contributed by atoms with Crippen molar-refractivity contribution in [2.45, 2.75) is 31.8 Å². The minimum absolute atomic E-state index is 0.0665. The smallest absolute Gasteiger partial charge is 0.311 e. The lowest BCUT2D eigenvalue weighted by atomic mass is 10.0. The van der Waals surface area contributed by atoms with Gasteiger partial charge in [0.25, 0.3) is 0 Å². The summed E-state index contributed by atoms with van der Waals surface area (Å²) in [5, 5.41) is 12.7. The first-order valence-corrected chi connectivity index (χ1v) is 6.75. The third-order valence-corrected chi connectivity index (χ3v) is 3.99. The minimum atomic E-state index is -0.754. The number of aliphatic carboxylic acids is 1. The first-order chi connectivity index (χ1) is 9.66. The molecule has 1 aromatic carbocycles. The summed E-state index contributed by atoms with van der Waals surface area (Å²) in [5.74, 6) is -0.265. The van der Waals surface area contributed by atoms with E-state index in [-0.39, 0.29) is 6.04 Å². The van der Waals surface area contributed by atoms with Crippen LogP contribution in [0.5, 0.6) is 0 Å². The number of rotatable bonds is 4. The van der Waals surface area contributed by atoms with Gasteiger partial charge in [0.15, 0.2) is 0 Å². The highest BCUT2D eigenvalue weighted by Crippen LogP contribution is 2.40. The molecule has 2 atom stereocenters. The van der Waals surface area contributed by atoms with Crippen molar-refractivity contribution in [1.29, 1.82) is 0 Å². The van der Waals surface area contributed by atoms with Gasteiger partial charge < -0.3 is 14.8 Å². The highest BCUT2D eigenvalue weighted by atomic mass is 16.4. The summed E-state index contributed by atoms with van der Waals surface area (Å²) in [4.78, 5) is 11.4. The Morgan fingerprint density at radius 2 is 2.10 bits per heavy atom. The Kier molecular flexibility index (Phi) is 3.32. The summed E-state index contributed by atoms with van der Waals surface area (Å²) in [6, 6.07) is 9.76. The van der Waals surface area contributed by atoms with Crippen LogP contribution in [0, 0.1) is 6.92 Å². The number of benzene rings is 1. The first-order valence-electron chi connectivity index (χ1n) is 6.75. The molecule has 20 heavy (non-hydrogen) atoms. The Balaban J connectivity index is 1.78. The quantitative estimate of drug-likeness (QED) is 0.897. The van der Waals surface area contributed by atoms with Gasteiger partial charge in [0.05, 0.1) is 18.7 Å². The SMILES string of the molecule is Cc1ccoc1CN[C@@H]1C[C@H](C(=O)O)c2ccccc21. The molecule has 0 spiro atoms. The standard InChI is InChI=1S/C16H17NO3/c1-10-6-7-20-15(10)9-17-14-8-13(16(18)19)11-4-2-3-5-12(11)14/h2-7,13-14,17H,8-9H2,1H3,(H,18,19)/t13-,14+/m0/s1. The number of carboxylic acid groups (broad SMARTS) is 1. The lowest BCUT2D eigenvalue weighted by Gasteiger charge is -2.13. The number of carboxylic acids is 1. The summed E-state index contributed by atoms with van der Waals surface area (Å²) >= 11 is 0. The second-order valence-corrected chi connectivity index (χ2v) is 5.22. The second kappa shape index (κ2) is 5.13. The molecule has 104 valence electrons. The maximum Gasteiger partial charge on any atom is 0.311 e. The summed E-state index contributed by atoms with van der Waals surface area (Å²) in [6.45, 7) is 2.62. The molecule has 2 aromatic rings. The lowest BCUT2D eigenvalue weighted by Crippen LogP contribution is -2.19. The van der Waals surface area contributed by atoms with E-state index < -0.39 is 11.9 Å². The van der Waals surface area contributed by atoms with E-state index in [0.29, 0.717) is 13.0 Å². The van der Waals surface area contributed by atoms with E-state index in [9.17, 15) is 9.90 Å². The Labute approximate surface area is 117 Å². The fraction of sp³-hybridized carbons (Fsp3) is 0.312. The molecule has 1 heterocycles. The third kappa shape index (κ3) is 2.23. The molecule has 0 saturated heterocycles. The number of carbonyl (C=O) groups is 1. The van der Waals surface area contributed by atoms with Crippen LogP contribution in [-0.4, -0.2) is 11.1 Å². The van der Waals surface area contributed by atoms with E-state index in [0.717, 1.165) is 22.5 Å². The zero-order chi connectivity index (χ0) is 14.1. The molecule has 0 unspecified atom stereocenters. The van der Waals surface area contributed by atoms with Crippen LogP contribution in [-0.2, 0) is 11.3 Å². The predicted octanol–water partition coefficient (Wildman–Crippen LogP) is 2.99. The molecular formula is C16H17NO3. The van der Waals surface area contributed by atoms with E-state index in [4.69, 9.17) is 4.42 Å². The number of hydrogen-bond acceptors (Lipinski definition) is 3. The first kappa shape index (κ1) is 12.9. The zero-order valence-electron chi connectivity index (χ0n) is 11.3. The highest BCUT2D eigenvalue weighted by molar-refractivity contribution is 5.78. The monoisotopic (exact) mass is 271 g/mol. The molecule has 2 N–H and O–H groups in total. The number of fused-ring (bicyclic) bond motifs is 1. The van der Waals surface area contributed by atoms with Crippen molar-refractivity contribution in [3.05, 3.63) is 59.0 Å². The number of hydrogen-bond donors (Lipinski definition) is 2. The molecule has 1 aromatic heterocycles. The van der Waals surface area contributed by atoms with Crippen LogP contribution < -0.4 is 5.32 Å². The zero-order valence-corrected chi connectivity index (χ0v) is 11.3. The predicted molar refractivity (Wildman–Crippen MR) is 74.5 cm³/mol. The molecular weight excluding hydrogens is 254 g/mol. The van der Waals surface area contributed by atoms with Crippen molar-refractivity contribution >= 4 is 5.97 Å². The normalized spacial score (nSPS) is 20.9. The maximum absolute atomic E-state index is 11.4. The molecule has 0 amide bonds. The van der Waals surface area contributed by atoms with Gasteiger partial charge >= 0.3 is 5.97 Å². The Hall–Kier alpha value is -2.07. The van der Waals surface area contributed by atoms with E-state index in [1.807, 2.05) is 37.3 Å². The van der Waals surface area contributed by atoms with Crippen LogP contribution in [0.15, 0.2) is 41.0 Å². The Morgan fingerprint density at radius 1 is 1.35 bits per heavy atom. The highest BCUT2D eigenvalue weighted by Gasteiger charge is 2.34. The van der Waals surface area contributed by atoms with Crippen LogP contribution >= 0.6 is 0 Å². The van der Waals surface area contributed by atoms with Crippen molar-refractivity contribution in [3.63, 3.8) is 0 Å². The topological polar surface area (TPSA) is 62.5 Å². The van der Waals surface area contributed by atoms with Crippen LogP contribution in [0.3, 0.4) is 0 Å². The van der Waals surface area contributed by atoms with Gasteiger partial charge in [-0.1, -0.05) is 24.3 Å². The van der Waals surface area contributed by atoms with Gasteiger partial charge in [-0.15, -0.1) is 0 Å². The van der Waals surface area contributed by atoms with Crippen molar-refractivity contribution < 1.29 is 14.3 Å². The molecule has 0 fully saturated rings. The summed E-state index contributed by atoms with van der Waals surface area (Å²) in [5.41, 5.74) is 3.12. The van der Waals surface area contributed by atoms with Gasteiger partial charge in [0.2, 0.25) is 0 Å². The third-order valence-electron chi connectivity index (χ3n) is 3.99. The average Bonchev–Trinajstić information content (AvgIpc) is 3.00. The van der Waals surface area contributed by atoms with Gasteiger partial charge in [-0.2, -0.15) is 0 Å². The van der Waals surface area contributed by atoms with Crippen LogP contribution in [0.4, 0.5) is 0 Å². The van der Waals surface area contributed by atoms with Gasteiger partial charge in [-0.25, -0.2) is 0 Å². The fourth-order valence-electron chi connectivity index (χ4n) is 2.86. The molecule has 1 aliphatic carbocycles. The summed E-state index contributed by atoms with van der Waals surface area (Å²) in [6.07, 6.45) is 2.27. The van der Waals surface area contributed by atoms with Crippen LogP contribution in [0.1, 0.15) is 40.8 Å². The molecule has 3 rings (SSSR count). The molecule has 0 saturated carbocycles. The van der Waals surface area contributed by atoms with E-state index in [1.54, 1.807) is 6.26 Å². The molecule has 1 aliphatic rings. The summed E-state index contributed by atoms with van der Waals surface area (Å²) in [7, 11) is 0. The van der Waals surface area contributed by atoms with Crippen LogP contribution in [0.25, 0.3) is 0 Å². The molecule has 4 nitrogen and oxygen atoms in total.